The van der Waals surface area contributed by atoms with Crippen molar-refractivity contribution in [1.29, 1.82) is 0 Å². The van der Waals surface area contributed by atoms with Crippen molar-refractivity contribution in [2.24, 2.45) is 5.41 Å². The number of benzene rings is 2. The number of halogens is 2. The Morgan fingerprint density at radius 1 is 1.10 bits per heavy atom. The van der Waals surface area contributed by atoms with Gasteiger partial charge in [0.15, 0.2) is 0 Å². The van der Waals surface area contributed by atoms with Gasteiger partial charge in [0.2, 0.25) is 0 Å². The molecule has 3 nitrogen and oxygen atoms in total. The van der Waals surface area contributed by atoms with Gasteiger partial charge in [0, 0.05) is 51.2 Å². The van der Waals surface area contributed by atoms with Crippen LogP contribution in [0.25, 0.3) is 22.0 Å². The van der Waals surface area contributed by atoms with Gasteiger partial charge in [-0.05, 0) is 56.9 Å². The molecule has 1 heterocycles. The van der Waals surface area contributed by atoms with Crippen LogP contribution in [0.2, 0.25) is 5.02 Å². The molecule has 0 saturated heterocycles. The van der Waals surface area contributed by atoms with E-state index in [0.29, 0.717) is 16.1 Å². The summed E-state index contributed by atoms with van der Waals surface area (Å²) in [6.07, 6.45) is 2.06. The van der Waals surface area contributed by atoms with E-state index in [9.17, 15) is 4.55 Å². The van der Waals surface area contributed by atoms with Gasteiger partial charge in [-0.2, -0.15) is 0 Å². The number of hydrogen-bond donors (Lipinski definition) is 1. The normalized spacial score (nSPS) is 14.8. The van der Waals surface area contributed by atoms with Gasteiger partial charge in [0.05, 0.1) is 6.04 Å². The van der Waals surface area contributed by atoms with Crippen LogP contribution in [0.1, 0.15) is 60.1 Å². The van der Waals surface area contributed by atoms with E-state index in [1.54, 1.807) is 12.1 Å². The molecule has 31 heavy (non-hydrogen) atoms. The predicted molar refractivity (Wildman–Crippen MR) is 131 cm³/mol. The average molecular weight is 463 g/mol. The third-order valence-electron chi connectivity index (χ3n) is 5.12. The lowest BCUT2D eigenvalue weighted by Crippen LogP contribution is -2.40. The fourth-order valence-electron chi connectivity index (χ4n) is 3.61. The van der Waals surface area contributed by atoms with Crippen molar-refractivity contribution in [3.05, 3.63) is 59.0 Å². The molecular formula is C25H32ClFN2OS. The monoisotopic (exact) mass is 462 g/mol. The van der Waals surface area contributed by atoms with Crippen molar-refractivity contribution in [3.8, 4) is 11.1 Å². The Labute approximate surface area is 193 Å². The van der Waals surface area contributed by atoms with Gasteiger partial charge in [-0.3, -0.25) is 0 Å². The second-order valence-corrected chi connectivity index (χ2v) is 12.7. The third-order valence-corrected chi connectivity index (χ3v) is 7.13. The Bertz CT molecular complexity index is 1080. The molecule has 0 aliphatic heterocycles. The molecule has 0 unspecified atom stereocenters. The second kappa shape index (κ2) is 8.78. The molecule has 6 heteroatoms. The maximum absolute atomic E-state index is 15.3. The maximum Gasteiger partial charge on any atom is 0.136 e. The standard InChI is InChI=1S/C25H32ClFN2OS/c1-16(28-31(30)25(5,6)7)20-14-29(15-24(2,3)4)23-13-18(22(27)12-19(20)23)17-10-8-9-11-21(17)26/h8-14,16,28H,15H2,1-7H3/t16-,31+/m1/s1. The zero-order chi connectivity index (χ0) is 23.1. The SMILES string of the molecule is C[C@@H](N[S@@+]([O-])C(C)(C)C)c1cn(CC(C)(C)C)c2cc(-c3ccccc3Cl)c(F)cc12. The molecular weight excluding hydrogens is 431 g/mol. The summed E-state index contributed by atoms with van der Waals surface area (Å²) in [5.74, 6) is -0.320. The molecule has 0 spiro atoms. The first kappa shape index (κ1) is 24.1. The van der Waals surface area contributed by atoms with E-state index >= 15 is 4.39 Å². The molecule has 0 bridgehead atoms. The fraction of sp³-hybridized carbons (Fsp3) is 0.440. The van der Waals surface area contributed by atoms with Crippen LogP contribution in [0.3, 0.4) is 0 Å². The van der Waals surface area contributed by atoms with Crippen LogP contribution < -0.4 is 4.72 Å². The van der Waals surface area contributed by atoms with Gasteiger partial charge in [0.25, 0.3) is 0 Å². The summed E-state index contributed by atoms with van der Waals surface area (Å²) in [6.45, 7) is 15.1. The van der Waals surface area contributed by atoms with Crippen LogP contribution in [0.15, 0.2) is 42.6 Å². The number of aromatic nitrogens is 1. The highest BCUT2D eigenvalue weighted by Crippen LogP contribution is 2.37. The smallest absolute Gasteiger partial charge is 0.136 e. The number of rotatable bonds is 5. The first-order valence-corrected chi connectivity index (χ1v) is 12.1. The second-order valence-electron chi connectivity index (χ2n) is 10.3. The summed E-state index contributed by atoms with van der Waals surface area (Å²) >= 11 is 5.13. The number of nitrogens with one attached hydrogen (secondary N) is 1. The quantitative estimate of drug-likeness (QED) is 0.405. The molecule has 3 aromatic rings. The zero-order valence-corrected chi connectivity index (χ0v) is 20.9. The van der Waals surface area contributed by atoms with Crippen LogP contribution in [0.5, 0.6) is 0 Å². The summed E-state index contributed by atoms with van der Waals surface area (Å²) in [7, 11) is 0. The Hall–Kier alpha value is -1.53. The van der Waals surface area contributed by atoms with Gasteiger partial charge >= 0.3 is 0 Å². The molecule has 0 aliphatic carbocycles. The van der Waals surface area contributed by atoms with E-state index in [2.05, 4.69) is 36.3 Å². The van der Waals surface area contributed by atoms with Crippen LogP contribution in [-0.2, 0) is 17.9 Å². The van der Waals surface area contributed by atoms with Crippen molar-refractivity contribution in [1.82, 2.24) is 9.29 Å². The summed E-state index contributed by atoms with van der Waals surface area (Å²) in [4.78, 5) is 0. The third kappa shape index (κ3) is 5.46. The summed E-state index contributed by atoms with van der Waals surface area (Å²) < 4.78 is 32.9. The van der Waals surface area contributed by atoms with E-state index in [-0.39, 0.29) is 22.0 Å². The number of nitrogens with zero attached hydrogens (tertiary/aromatic N) is 1. The zero-order valence-electron chi connectivity index (χ0n) is 19.3. The van der Waals surface area contributed by atoms with Crippen molar-refractivity contribution < 1.29 is 8.94 Å². The highest BCUT2D eigenvalue weighted by Gasteiger charge is 2.30. The van der Waals surface area contributed by atoms with Crippen molar-refractivity contribution in [3.63, 3.8) is 0 Å². The van der Waals surface area contributed by atoms with Crippen LogP contribution in [-0.4, -0.2) is 13.9 Å². The predicted octanol–water partition coefficient (Wildman–Crippen LogP) is 7.26. The average Bonchev–Trinajstić information content (AvgIpc) is 2.96. The van der Waals surface area contributed by atoms with E-state index in [0.717, 1.165) is 23.0 Å². The minimum Gasteiger partial charge on any atom is -0.598 e. The molecule has 0 aliphatic rings. The molecule has 0 radical (unpaired) electrons. The number of fused-ring (bicyclic) bond motifs is 1. The largest absolute Gasteiger partial charge is 0.598 e. The Kier molecular flexibility index (Phi) is 6.83. The summed E-state index contributed by atoms with van der Waals surface area (Å²) in [6, 6.07) is 10.6. The lowest BCUT2D eigenvalue weighted by Gasteiger charge is -2.26. The number of hydrogen-bond acceptors (Lipinski definition) is 2. The Balaban J connectivity index is 2.16. The molecule has 0 saturated carbocycles. The Morgan fingerprint density at radius 3 is 2.32 bits per heavy atom. The van der Waals surface area contributed by atoms with E-state index in [1.165, 1.54) is 0 Å². The topological polar surface area (TPSA) is 40.0 Å². The molecule has 168 valence electrons. The highest BCUT2D eigenvalue weighted by atomic mass is 35.5. The maximum atomic E-state index is 15.3. The fourth-order valence-corrected chi connectivity index (χ4v) is 4.65. The minimum atomic E-state index is -1.23. The molecule has 3 rings (SSSR count). The van der Waals surface area contributed by atoms with Gasteiger partial charge in [-0.25, -0.2) is 4.39 Å². The van der Waals surface area contributed by atoms with Crippen LogP contribution in [0, 0.1) is 11.2 Å². The van der Waals surface area contributed by atoms with Gasteiger partial charge in [-0.1, -0.05) is 50.6 Å². The Morgan fingerprint density at radius 2 is 1.74 bits per heavy atom. The molecule has 2 aromatic carbocycles. The first-order valence-electron chi connectivity index (χ1n) is 10.5. The summed E-state index contributed by atoms with van der Waals surface area (Å²) in [5.41, 5.74) is 3.07. The van der Waals surface area contributed by atoms with Crippen LogP contribution >= 0.6 is 11.6 Å². The molecule has 0 amide bonds. The molecule has 2 atom stereocenters. The van der Waals surface area contributed by atoms with Gasteiger partial charge in [-0.15, -0.1) is 4.72 Å². The van der Waals surface area contributed by atoms with Gasteiger partial charge in [0.1, 0.15) is 10.6 Å². The highest BCUT2D eigenvalue weighted by molar-refractivity contribution is 7.90. The van der Waals surface area contributed by atoms with Gasteiger partial charge < -0.3 is 9.12 Å². The van der Waals surface area contributed by atoms with E-state index in [4.69, 9.17) is 11.6 Å². The summed E-state index contributed by atoms with van der Waals surface area (Å²) in [5, 5.41) is 1.34. The lowest BCUT2D eigenvalue weighted by atomic mass is 9.96. The van der Waals surface area contributed by atoms with E-state index in [1.807, 2.05) is 52.0 Å². The van der Waals surface area contributed by atoms with E-state index < -0.39 is 11.4 Å². The minimum absolute atomic E-state index is 0.0348. The molecule has 1 N–H and O–H groups in total. The van der Waals surface area contributed by atoms with Crippen LogP contribution in [0.4, 0.5) is 4.39 Å². The van der Waals surface area contributed by atoms with Crippen molar-refractivity contribution in [2.45, 2.75) is 65.8 Å². The lowest BCUT2D eigenvalue weighted by molar-refractivity contribution is 0.349. The molecule has 1 aromatic heterocycles. The van der Waals surface area contributed by atoms with Crippen molar-refractivity contribution >= 4 is 33.9 Å². The first-order chi connectivity index (χ1) is 14.3. The molecule has 0 fully saturated rings. The van der Waals surface area contributed by atoms with Crippen molar-refractivity contribution in [2.75, 3.05) is 0 Å².